The second kappa shape index (κ2) is 3.44. The lowest BCUT2D eigenvalue weighted by molar-refractivity contribution is -0.120. The van der Waals surface area contributed by atoms with Crippen LogP contribution in [-0.4, -0.2) is 17.1 Å². The van der Waals surface area contributed by atoms with Crippen LogP contribution in [0.4, 0.5) is 0 Å². The van der Waals surface area contributed by atoms with E-state index >= 15 is 0 Å². The van der Waals surface area contributed by atoms with Gasteiger partial charge in [-0.25, -0.2) is 0 Å². The molecule has 0 aliphatic heterocycles. The number of nitrogens with zero attached hydrogens (tertiary/aromatic N) is 1. The predicted molar refractivity (Wildman–Crippen MR) is 50.8 cm³/mol. The van der Waals surface area contributed by atoms with Crippen LogP contribution in [0.5, 0.6) is 0 Å². The van der Waals surface area contributed by atoms with Gasteiger partial charge in [0.1, 0.15) is 5.76 Å². The van der Waals surface area contributed by atoms with Gasteiger partial charge in [-0.3, -0.25) is 4.79 Å². The fourth-order valence-electron chi connectivity index (χ4n) is 1.42. The molecule has 1 N–H and O–H groups in total. The highest BCUT2D eigenvalue weighted by Gasteiger charge is 2.24. The van der Waals surface area contributed by atoms with Gasteiger partial charge >= 0.3 is 0 Å². The Morgan fingerprint density at radius 2 is 2.29 bits per heavy atom. The first-order valence-corrected chi connectivity index (χ1v) is 4.88. The van der Waals surface area contributed by atoms with Crippen molar-refractivity contribution in [3.8, 4) is 0 Å². The fraction of sp³-hybridized carbons (Fsp3) is 0.600. The number of aryl methyl sites for hydroxylation is 2. The van der Waals surface area contributed by atoms with Crippen molar-refractivity contribution in [1.29, 1.82) is 0 Å². The number of aromatic nitrogens is 1. The highest BCUT2D eigenvalue weighted by Crippen LogP contribution is 2.19. The lowest BCUT2D eigenvalue weighted by Gasteiger charge is -2.01. The predicted octanol–water partition coefficient (Wildman–Crippen LogP) is 1.11. The van der Waals surface area contributed by atoms with E-state index in [-0.39, 0.29) is 5.91 Å². The van der Waals surface area contributed by atoms with Crippen molar-refractivity contribution in [2.24, 2.45) is 0 Å². The number of carbonyl (C=O) groups excluding carboxylic acids is 1. The van der Waals surface area contributed by atoms with Gasteiger partial charge in [-0.2, -0.15) is 0 Å². The smallest absolute Gasteiger partial charge is 0.224 e. The second-order valence-electron chi connectivity index (χ2n) is 3.82. The van der Waals surface area contributed by atoms with Crippen molar-refractivity contribution in [1.82, 2.24) is 10.5 Å². The van der Waals surface area contributed by atoms with Crippen molar-refractivity contribution < 1.29 is 9.32 Å². The molecule has 0 unspecified atom stereocenters. The summed E-state index contributed by atoms with van der Waals surface area (Å²) < 4.78 is 4.99. The molecule has 1 aromatic heterocycles. The molecule has 0 aromatic carbocycles. The minimum absolute atomic E-state index is 0.0712. The molecule has 2 rings (SSSR count). The number of rotatable bonds is 3. The highest BCUT2D eigenvalue weighted by molar-refractivity contribution is 5.79. The van der Waals surface area contributed by atoms with E-state index in [1.165, 1.54) is 0 Å². The first kappa shape index (κ1) is 9.24. The summed E-state index contributed by atoms with van der Waals surface area (Å²) in [4.78, 5) is 11.5. The van der Waals surface area contributed by atoms with Crippen LogP contribution in [0.25, 0.3) is 0 Å². The van der Waals surface area contributed by atoms with Crippen molar-refractivity contribution in [3.63, 3.8) is 0 Å². The molecule has 1 heterocycles. The molecular weight excluding hydrogens is 180 g/mol. The van der Waals surface area contributed by atoms with Gasteiger partial charge < -0.3 is 9.84 Å². The van der Waals surface area contributed by atoms with Gasteiger partial charge in [0.15, 0.2) is 0 Å². The lowest BCUT2D eigenvalue weighted by Crippen LogP contribution is -2.27. The van der Waals surface area contributed by atoms with E-state index in [0.717, 1.165) is 29.9 Å². The maximum absolute atomic E-state index is 11.5. The Morgan fingerprint density at radius 1 is 1.57 bits per heavy atom. The summed E-state index contributed by atoms with van der Waals surface area (Å²) in [5.41, 5.74) is 1.73. The topological polar surface area (TPSA) is 55.1 Å². The normalized spacial score (nSPS) is 15.6. The van der Waals surface area contributed by atoms with E-state index in [9.17, 15) is 4.79 Å². The van der Waals surface area contributed by atoms with Crippen LogP contribution in [0.1, 0.15) is 29.9 Å². The molecule has 1 fully saturated rings. The first-order chi connectivity index (χ1) is 6.66. The average molecular weight is 194 g/mol. The molecule has 1 amide bonds. The summed E-state index contributed by atoms with van der Waals surface area (Å²) in [5.74, 6) is 0.815. The lowest BCUT2D eigenvalue weighted by atomic mass is 10.1. The van der Waals surface area contributed by atoms with Gasteiger partial charge in [-0.05, 0) is 26.7 Å². The summed E-state index contributed by atoms with van der Waals surface area (Å²) in [6, 6.07) is 0.419. The van der Waals surface area contributed by atoms with E-state index in [1.807, 2.05) is 13.8 Å². The number of nitrogens with one attached hydrogen (secondary N) is 1. The van der Waals surface area contributed by atoms with Crippen LogP contribution in [0.2, 0.25) is 0 Å². The van der Waals surface area contributed by atoms with E-state index in [1.54, 1.807) is 0 Å². The number of carbonyl (C=O) groups is 1. The molecule has 1 saturated carbocycles. The SMILES string of the molecule is Cc1noc(C)c1CC(=O)NC1CC1. The van der Waals surface area contributed by atoms with Gasteiger partial charge in [0.05, 0.1) is 12.1 Å². The zero-order valence-electron chi connectivity index (χ0n) is 8.46. The Labute approximate surface area is 82.7 Å². The van der Waals surface area contributed by atoms with Gasteiger partial charge in [0, 0.05) is 11.6 Å². The average Bonchev–Trinajstić information content (AvgIpc) is 2.88. The van der Waals surface area contributed by atoms with Crippen LogP contribution in [-0.2, 0) is 11.2 Å². The first-order valence-electron chi connectivity index (χ1n) is 4.88. The Bertz CT molecular complexity index is 334. The van der Waals surface area contributed by atoms with Gasteiger partial charge in [-0.15, -0.1) is 0 Å². The molecule has 1 aliphatic carbocycles. The highest BCUT2D eigenvalue weighted by atomic mass is 16.5. The number of hydrogen-bond donors (Lipinski definition) is 1. The molecule has 0 atom stereocenters. The third-order valence-electron chi connectivity index (χ3n) is 2.46. The van der Waals surface area contributed by atoms with Crippen LogP contribution >= 0.6 is 0 Å². The Hall–Kier alpha value is -1.32. The molecule has 0 radical (unpaired) electrons. The van der Waals surface area contributed by atoms with Crippen LogP contribution in [0.15, 0.2) is 4.52 Å². The maximum atomic E-state index is 11.5. The van der Waals surface area contributed by atoms with Crippen molar-refractivity contribution >= 4 is 5.91 Å². The van der Waals surface area contributed by atoms with Gasteiger partial charge in [-0.1, -0.05) is 5.16 Å². The molecule has 0 bridgehead atoms. The third-order valence-corrected chi connectivity index (χ3v) is 2.46. The van der Waals surface area contributed by atoms with Gasteiger partial charge in [0.25, 0.3) is 0 Å². The minimum Gasteiger partial charge on any atom is -0.361 e. The largest absolute Gasteiger partial charge is 0.361 e. The minimum atomic E-state index is 0.0712. The Balaban J connectivity index is 1.98. The molecule has 4 heteroatoms. The molecular formula is C10H14N2O2. The van der Waals surface area contributed by atoms with Crippen molar-refractivity contribution in [2.75, 3.05) is 0 Å². The Kier molecular flexibility index (Phi) is 2.27. The monoisotopic (exact) mass is 194 g/mol. The molecule has 0 saturated heterocycles. The summed E-state index contributed by atoms with van der Waals surface area (Å²) in [6.45, 7) is 3.69. The molecule has 14 heavy (non-hydrogen) atoms. The molecule has 76 valence electrons. The zero-order valence-corrected chi connectivity index (χ0v) is 8.46. The van der Waals surface area contributed by atoms with Crippen LogP contribution in [0.3, 0.4) is 0 Å². The number of amides is 1. The quantitative estimate of drug-likeness (QED) is 0.784. The second-order valence-corrected chi connectivity index (χ2v) is 3.82. The summed E-state index contributed by atoms with van der Waals surface area (Å²) >= 11 is 0. The zero-order chi connectivity index (χ0) is 10.1. The molecule has 1 aromatic rings. The summed E-state index contributed by atoms with van der Waals surface area (Å²) in [6.07, 6.45) is 2.62. The summed E-state index contributed by atoms with van der Waals surface area (Å²) in [7, 11) is 0. The van der Waals surface area contributed by atoms with Crippen molar-refractivity contribution in [2.45, 2.75) is 39.2 Å². The van der Waals surface area contributed by atoms with E-state index in [2.05, 4.69) is 10.5 Å². The van der Waals surface area contributed by atoms with Crippen molar-refractivity contribution in [3.05, 3.63) is 17.0 Å². The van der Waals surface area contributed by atoms with E-state index in [4.69, 9.17) is 4.52 Å². The summed E-state index contributed by atoms with van der Waals surface area (Å²) in [5, 5.41) is 6.75. The molecule has 0 spiro atoms. The molecule has 1 aliphatic rings. The van der Waals surface area contributed by atoms with Gasteiger partial charge in [0.2, 0.25) is 5.91 Å². The fourth-order valence-corrected chi connectivity index (χ4v) is 1.42. The molecule has 4 nitrogen and oxygen atoms in total. The third kappa shape index (κ3) is 1.95. The standard InChI is InChI=1S/C10H14N2O2/c1-6-9(7(2)14-12-6)5-10(13)11-8-3-4-8/h8H,3-5H2,1-2H3,(H,11,13). The Morgan fingerprint density at radius 3 is 2.79 bits per heavy atom. The van der Waals surface area contributed by atoms with E-state index in [0.29, 0.717) is 12.5 Å². The maximum Gasteiger partial charge on any atom is 0.224 e. The van der Waals surface area contributed by atoms with Crippen LogP contribution < -0.4 is 5.32 Å². The number of hydrogen-bond acceptors (Lipinski definition) is 3. The van der Waals surface area contributed by atoms with E-state index < -0.39 is 0 Å². The van der Waals surface area contributed by atoms with Crippen LogP contribution in [0, 0.1) is 13.8 Å².